The minimum Gasteiger partial charge on any atom is -0.508 e. The van der Waals surface area contributed by atoms with E-state index in [0.29, 0.717) is 37.1 Å². The Kier molecular flexibility index (Phi) is 13.1. The molecule has 0 fully saturated rings. The number of carboxylic acid groups (broad SMARTS) is 1. The number of benzene rings is 1. The number of nitrogens with two attached hydrogens (primary N) is 2. The molecule has 40 heavy (non-hydrogen) atoms. The molecule has 0 saturated carbocycles. The second-order valence-corrected chi connectivity index (χ2v) is 9.87. The Balaban J connectivity index is 2.26. The van der Waals surface area contributed by atoms with Crippen LogP contribution in [0.3, 0.4) is 0 Å². The Morgan fingerprint density at radius 1 is 0.950 bits per heavy atom. The van der Waals surface area contributed by atoms with Crippen LogP contribution in [-0.4, -0.2) is 74.6 Å². The van der Waals surface area contributed by atoms with Crippen LogP contribution in [0, 0.1) is 5.92 Å². The van der Waals surface area contributed by atoms with Crippen LogP contribution in [0.25, 0.3) is 0 Å². The van der Waals surface area contributed by atoms with Gasteiger partial charge in [-0.3, -0.25) is 14.4 Å². The van der Waals surface area contributed by atoms with Crippen molar-refractivity contribution in [3.8, 4) is 5.75 Å². The molecule has 220 valence electrons. The lowest BCUT2D eigenvalue weighted by atomic mass is 9.98. The zero-order chi connectivity index (χ0) is 29.7. The number of carboxylic acids is 1. The average Bonchev–Trinajstić information content (AvgIpc) is 3.45. The zero-order valence-corrected chi connectivity index (χ0v) is 22.9. The van der Waals surface area contributed by atoms with Crippen molar-refractivity contribution in [2.24, 2.45) is 17.4 Å². The number of nitrogens with one attached hydrogen (secondary N) is 4. The summed E-state index contributed by atoms with van der Waals surface area (Å²) >= 11 is 0. The van der Waals surface area contributed by atoms with E-state index < -0.39 is 47.9 Å². The first kappa shape index (κ1) is 32.2. The van der Waals surface area contributed by atoms with Gasteiger partial charge in [0.15, 0.2) is 0 Å². The van der Waals surface area contributed by atoms with Crippen LogP contribution in [0.4, 0.5) is 0 Å². The molecule has 0 saturated heterocycles. The smallest absolute Gasteiger partial charge is 0.326 e. The number of imidazole rings is 1. The molecule has 0 aliphatic heterocycles. The summed E-state index contributed by atoms with van der Waals surface area (Å²) in [5, 5.41) is 27.2. The summed E-state index contributed by atoms with van der Waals surface area (Å²) < 4.78 is 0. The summed E-state index contributed by atoms with van der Waals surface area (Å²) in [7, 11) is 0. The monoisotopic (exact) mass is 559 g/mol. The second kappa shape index (κ2) is 16.2. The molecule has 0 spiro atoms. The maximum Gasteiger partial charge on any atom is 0.326 e. The van der Waals surface area contributed by atoms with Crippen molar-refractivity contribution in [3.63, 3.8) is 0 Å². The van der Waals surface area contributed by atoms with Crippen molar-refractivity contribution in [1.82, 2.24) is 25.9 Å². The molecule has 13 nitrogen and oxygen atoms in total. The summed E-state index contributed by atoms with van der Waals surface area (Å²) in [5.41, 5.74) is 12.8. The number of nitrogens with zero attached hydrogens (tertiary/aromatic N) is 1. The largest absolute Gasteiger partial charge is 0.508 e. The molecule has 5 atom stereocenters. The van der Waals surface area contributed by atoms with E-state index >= 15 is 0 Å². The highest BCUT2D eigenvalue weighted by Gasteiger charge is 2.31. The van der Waals surface area contributed by atoms with Gasteiger partial charge in [0.2, 0.25) is 17.7 Å². The third-order valence-corrected chi connectivity index (χ3v) is 6.74. The number of phenolic OH excluding ortho intramolecular Hbond substituents is 1. The first-order valence-corrected chi connectivity index (χ1v) is 13.4. The van der Waals surface area contributed by atoms with E-state index in [1.54, 1.807) is 12.1 Å². The molecule has 10 N–H and O–H groups in total. The summed E-state index contributed by atoms with van der Waals surface area (Å²) in [5.74, 6) is -3.16. The van der Waals surface area contributed by atoms with E-state index in [1.165, 1.54) is 24.7 Å². The number of aliphatic carboxylic acids is 1. The molecular weight excluding hydrogens is 518 g/mol. The minimum atomic E-state index is -1.29. The normalized spacial score (nSPS) is 14.8. The van der Waals surface area contributed by atoms with Gasteiger partial charge in [-0.15, -0.1) is 0 Å². The fourth-order valence-corrected chi connectivity index (χ4v) is 3.98. The number of H-pyrrole nitrogens is 1. The number of amides is 3. The number of aromatic hydroxyl groups is 1. The number of phenols is 1. The summed E-state index contributed by atoms with van der Waals surface area (Å²) in [6.45, 7) is 4.16. The predicted molar refractivity (Wildman–Crippen MR) is 148 cm³/mol. The number of aromatic amines is 1. The van der Waals surface area contributed by atoms with Crippen LogP contribution in [0.15, 0.2) is 36.8 Å². The lowest BCUT2D eigenvalue weighted by Crippen LogP contribution is -2.58. The Labute approximate surface area is 233 Å². The second-order valence-electron chi connectivity index (χ2n) is 9.87. The Bertz CT molecular complexity index is 1090. The van der Waals surface area contributed by atoms with Crippen molar-refractivity contribution < 1.29 is 29.4 Å². The molecule has 0 aliphatic carbocycles. The van der Waals surface area contributed by atoms with E-state index in [0.717, 1.165) is 0 Å². The maximum absolute atomic E-state index is 13.4. The van der Waals surface area contributed by atoms with Gasteiger partial charge in [-0.25, -0.2) is 9.78 Å². The molecule has 0 aliphatic rings. The predicted octanol–water partition coefficient (Wildman–Crippen LogP) is -0.0581. The van der Waals surface area contributed by atoms with Gasteiger partial charge in [0.05, 0.1) is 12.4 Å². The number of unbranched alkanes of at least 4 members (excludes halogenated alkanes) is 1. The first-order chi connectivity index (χ1) is 19.0. The van der Waals surface area contributed by atoms with Gasteiger partial charge in [0.25, 0.3) is 0 Å². The van der Waals surface area contributed by atoms with Gasteiger partial charge >= 0.3 is 5.97 Å². The Hall–Kier alpha value is -3.97. The van der Waals surface area contributed by atoms with Crippen molar-refractivity contribution in [2.75, 3.05) is 6.54 Å². The lowest BCUT2D eigenvalue weighted by Gasteiger charge is -2.26. The molecule has 0 radical (unpaired) electrons. The number of aromatic nitrogens is 2. The molecule has 0 bridgehead atoms. The number of hydrogen-bond acceptors (Lipinski definition) is 8. The van der Waals surface area contributed by atoms with E-state index in [9.17, 15) is 29.4 Å². The van der Waals surface area contributed by atoms with E-state index in [2.05, 4.69) is 25.9 Å². The van der Waals surface area contributed by atoms with Gasteiger partial charge in [-0.2, -0.15) is 0 Å². The Morgan fingerprint density at radius 2 is 1.57 bits per heavy atom. The highest BCUT2D eigenvalue weighted by atomic mass is 16.4. The molecule has 13 heteroatoms. The van der Waals surface area contributed by atoms with Crippen LogP contribution in [0.1, 0.15) is 50.8 Å². The van der Waals surface area contributed by atoms with Gasteiger partial charge in [-0.05, 0) is 49.4 Å². The van der Waals surface area contributed by atoms with E-state index in [1.807, 2.05) is 13.8 Å². The fourth-order valence-electron chi connectivity index (χ4n) is 3.98. The quantitative estimate of drug-likeness (QED) is 0.121. The molecule has 1 aromatic heterocycles. The van der Waals surface area contributed by atoms with Crippen LogP contribution >= 0.6 is 0 Å². The van der Waals surface area contributed by atoms with Gasteiger partial charge in [0, 0.05) is 24.7 Å². The summed E-state index contributed by atoms with van der Waals surface area (Å²) in [4.78, 5) is 58.1. The van der Waals surface area contributed by atoms with Crippen LogP contribution in [0.2, 0.25) is 0 Å². The highest BCUT2D eigenvalue weighted by molar-refractivity contribution is 5.94. The fraction of sp³-hybridized carbons (Fsp3) is 0.519. The zero-order valence-electron chi connectivity index (χ0n) is 22.9. The summed E-state index contributed by atoms with van der Waals surface area (Å²) in [6.07, 6.45) is 4.93. The molecule has 2 aromatic rings. The number of rotatable bonds is 17. The topological polar surface area (TPSA) is 226 Å². The maximum atomic E-state index is 13.4. The third kappa shape index (κ3) is 10.3. The van der Waals surface area contributed by atoms with E-state index in [-0.39, 0.29) is 30.9 Å². The standard InChI is InChI=1S/C27H41N7O6/c1-3-16(2)23(29)26(38)32-20(6-4-5-11-28)24(36)33-21(12-17-7-9-19(35)10-8-17)25(37)34-22(27(39)40)13-18-14-30-15-31-18/h7-10,14-16,20-23,35H,3-6,11-13,28-29H2,1-2H3,(H,30,31)(H,32,38)(H,33,36)(H,34,37)(H,39,40). The van der Waals surface area contributed by atoms with Crippen molar-refractivity contribution in [1.29, 1.82) is 0 Å². The summed E-state index contributed by atoms with van der Waals surface area (Å²) in [6, 6.07) is 1.79. The van der Waals surface area contributed by atoms with Crippen LogP contribution in [-0.2, 0) is 32.0 Å². The number of carbonyl (C=O) groups is 4. The van der Waals surface area contributed by atoms with Gasteiger partial charge in [-0.1, -0.05) is 32.4 Å². The molecule has 5 unspecified atom stereocenters. The van der Waals surface area contributed by atoms with Crippen molar-refractivity contribution in [2.45, 2.75) is 76.5 Å². The van der Waals surface area contributed by atoms with Crippen LogP contribution in [0.5, 0.6) is 5.75 Å². The SMILES string of the molecule is CCC(C)C(N)C(=O)NC(CCCCN)C(=O)NC(Cc1ccc(O)cc1)C(=O)NC(Cc1cnc[nH]1)C(=O)O. The number of hydrogen-bond donors (Lipinski definition) is 8. The van der Waals surface area contributed by atoms with Crippen molar-refractivity contribution >= 4 is 23.7 Å². The average molecular weight is 560 g/mol. The molecule has 1 aromatic carbocycles. The lowest BCUT2D eigenvalue weighted by molar-refractivity contribution is -0.142. The highest BCUT2D eigenvalue weighted by Crippen LogP contribution is 2.13. The van der Waals surface area contributed by atoms with Crippen molar-refractivity contribution in [3.05, 3.63) is 48.0 Å². The van der Waals surface area contributed by atoms with Crippen LogP contribution < -0.4 is 27.4 Å². The first-order valence-electron chi connectivity index (χ1n) is 13.4. The molecule has 2 rings (SSSR count). The Morgan fingerprint density at radius 3 is 2.15 bits per heavy atom. The van der Waals surface area contributed by atoms with Gasteiger partial charge < -0.3 is 42.6 Å². The number of carbonyl (C=O) groups excluding carboxylic acids is 3. The van der Waals surface area contributed by atoms with E-state index in [4.69, 9.17) is 11.5 Å². The van der Waals surface area contributed by atoms with Gasteiger partial charge in [0.1, 0.15) is 23.9 Å². The molecule has 1 heterocycles. The minimum absolute atomic E-state index is 0.00407. The molecular formula is C27H41N7O6. The third-order valence-electron chi connectivity index (χ3n) is 6.74. The molecule has 3 amide bonds.